The quantitative estimate of drug-likeness (QED) is 0.589. The maximum absolute atomic E-state index is 12.6. The molecule has 5 nitrogen and oxygen atoms in total. The lowest BCUT2D eigenvalue weighted by molar-refractivity contribution is -0.141. The summed E-state index contributed by atoms with van der Waals surface area (Å²) in [4.78, 5) is 1.21. The summed E-state index contributed by atoms with van der Waals surface area (Å²) >= 11 is 2.32. The summed E-state index contributed by atoms with van der Waals surface area (Å²) in [5.74, 6) is 0. The molecule has 1 aromatic carbocycles. The van der Waals surface area contributed by atoms with E-state index in [4.69, 9.17) is 0 Å². The Morgan fingerprint density at radius 2 is 1.96 bits per heavy atom. The second-order valence-corrected chi connectivity index (χ2v) is 8.99. The van der Waals surface area contributed by atoms with Gasteiger partial charge in [-0.05, 0) is 42.7 Å². The Bertz CT molecular complexity index is 1030. The van der Waals surface area contributed by atoms with E-state index < -0.39 is 21.9 Å². The largest absolute Gasteiger partial charge is 0.432 e. The van der Waals surface area contributed by atoms with Gasteiger partial charge in [-0.15, -0.1) is 23.1 Å². The van der Waals surface area contributed by atoms with Crippen LogP contribution in [0.5, 0.6) is 0 Å². The van der Waals surface area contributed by atoms with Crippen molar-refractivity contribution in [2.24, 2.45) is 0 Å². The predicted octanol–water partition coefficient (Wildman–Crippen LogP) is 4.68. The van der Waals surface area contributed by atoms with Crippen molar-refractivity contribution in [2.75, 3.05) is 11.0 Å². The maximum Gasteiger partial charge on any atom is 0.432 e. The van der Waals surface area contributed by atoms with Crippen LogP contribution in [0.1, 0.15) is 5.69 Å². The first kappa shape index (κ1) is 18.8. The highest BCUT2D eigenvalue weighted by molar-refractivity contribution is 7.98. The minimum absolute atomic E-state index is 0.0152. The average Bonchev–Trinajstić information content (AvgIpc) is 3.23. The minimum atomic E-state index is -4.54. The molecule has 0 saturated heterocycles. The van der Waals surface area contributed by atoms with Crippen molar-refractivity contribution in [1.82, 2.24) is 10.2 Å². The molecule has 0 fully saturated rings. The molecule has 3 rings (SSSR count). The van der Waals surface area contributed by atoms with E-state index in [2.05, 4.69) is 9.82 Å². The molecule has 2 heterocycles. The van der Waals surface area contributed by atoms with E-state index in [-0.39, 0.29) is 9.90 Å². The van der Waals surface area contributed by atoms with Gasteiger partial charge in [-0.3, -0.25) is 9.82 Å². The van der Waals surface area contributed by atoms with E-state index >= 15 is 0 Å². The van der Waals surface area contributed by atoms with Crippen LogP contribution in [0.3, 0.4) is 0 Å². The maximum atomic E-state index is 12.6. The summed E-state index contributed by atoms with van der Waals surface area (Å²) in [6.45, 7) is 0. The lowest BCUT2D eigenvalue weighted by Crippen LogP contribution is -2.11. The van der Waals surface area contributed by atoms with Crippen molar-refractivity contribution in [3.8, 4) is 10.6 Å². The first-order valence-electron chi connectivity index (χ1n) is 7.09. The standard InChI is InChI=1S/C15H12F3N3O2S3/c1-24-10-4-2-3-9(7-10)21-26(22,23)14-6-5-12(25-14)11-8-13(20-19-11)15(16,17)18/h2-8,21H,1H3,(H,19,20). The number of sulfonamides is 1. The molecule has 11 heteroatoms. The third-order valence-electron chi connectivity index (χ3n) is 3.30. The van der Waals surface area contributed by atoms with Gasteiger partial charge in [0, 0.05) is 10.6 Å². The number of nitrogens with one attached hydrogen (secondary N) is 2. The molecule has 138 valence electrons. The van der Waals surface area contributed by atoms with E-state index in [1.165, 1.54) is 23.9 Å². The molecule has 0 spiro atoms. The first-order valence-corrected chi connectivity index (χ1v) is 10.6. The zero-order chi connectivity index (χ0) is 18.9. The third-order valence-corrected chi connectivity index (χ3v) is 7.01. The highest BCUT2D eigenvalue weighted by Crippen LogP contribution is 2.34. The Morgan fingerprint density at radius 1 is 1.19 bits per heavy atom. The summed E-state index contributed by atoms with van der Waals surface area (Å²) in [7, 11) is -3.85. The van der Waals surface area contributed by atoms with Crippen LogP contribution in [0.25, 0.3) is 10.6 Å². The lowest BCUT2D eigenvalue weighted by atomic mass is 10.3. The van der Waals surface area contributed by atoms with Crippen LogP contribution in [0, 0.1) is 0 Å². The molecule has 0 amide bonds. The summed E-state index contributed by atoms with van der Waals surface area (Å²) < 4.78 is 65.4. The number of H-pyrrole nitrogens is 1. The second kappa shape index (κ2) is 6.97. The average molecular weight is 419 g/mol. The normalized spacial score (nSPS) is 12.3. The summed E-state index contributed by atoms with van der Waals surface area (Å²) in [5.41, 5.74) is -0.545. The summed E-state index contributed by atoms with van der Waals surface area (Å²) in [6, 6.07) is 10.5. The number of aromatic nitrogens is 2. The Kier molecular flexibility index (Phi) is 5.04. The zero-order valence-corrected chi connectivity index (χ0v) is 15.6. The molecule has 0 unspecified atom stereocenters. The number of hydrogen-bond donors (Lipinski definition) is 2. The lowest BCUT2D eigenvalue weighted by Gasteiger charge is -2.07. The highest BCUT2D eigenvalue weighted by Gasteiger charge is 2.33. The molecule has 0 saturated carbocycles. The highest BCUT2D eigenvalue weighted by atomic mass is 32.2. The molecule has 0 aliphatic heterocycles. The van der Waals surface area contributed by atoms with E-state index in [9.17, 15) is 21.6 Å². The molecule has 2 aromatic heterocycles. The van der Waals surface area contributed by atoms with Crippen LogP contribution in [0.15, 0.2) is 51.6 Å². The number of nitrogens with zero attached hydrogens (tertiary/aromatic N) is 1. The van der Waals surface area contributed by atoms with Crippen molar-refractivity contribution in [3.05, 3.63) is 48.2 Å². The fourth-order valence-corrected chi connectivity index (χ4v) is 4.86. The van der Waals surface area contributed by atoms with Crippen LogP contribution in [-0.4, -0.2) is 24.9 Å². The van der Waals surface area contributed by atoms with Crippen molar-refractivity contribution in [2.45, 2.75) is 15.3 Å². The van der Waals surface area contributed by atoms with E-state index in [0.717, 1.165) is 22.3 Å². The molecule has 0 bridgehead atoms. The molecule has 0 atom stereocenters. The number of anilines is 1. The Morgan fingerprint density at radius 3 is 2.62 bits per heavy atom. The number of rotatable bonds is 5. The number of thiophene rings is 1. The monoisotopic (exact) mass is 419 g/mol. The van der Waals surface area contributed by atoms with Crippen molar-refractivity contribution in [1.29, 1.82) is 0 Å². The Labute approximate surface area is 155 Å². The number of halogens is 3. The van der Waals surface area contributed by atoms with Crippen molar-refractivity contribution in [3.63, 3.8) is 0 Å². The molecule has 3 aromatic rings. The topological polar surface area (TPSA) is 74.8 Å². The van der Waals surface area contributed by atoms with Gasteiger partial charge in [0.25, 0.3) is 10.0 Å². The predicted molar refractivity (Wildman–Crippen MR) is 95.9 cm³/mol. The molecule has 26 heavy (non-hydrogen) atoms. The van der Waals surface area contributed by atoms with E-state index in [1.807, 2.05) is 17.4 Å². The molecule has 0 radical (unpaired) electrons. The van der Waals surface area contributed by atoms with Crippen LogP contribution in [0.2, 0.25) is 0 Å². The number of thioether (sulfide) groups is 1. The fourth-order valence-electron chi connectivity index (χ4n) is 2.09. The molecule has 2 N–H and O–H groups in total. The summed E-state index contributed by atoms with van der Waals surface area (Å²) in [5, 5.41) is 5.51. The number of hydrogen-bond acceptors (Lipinski definition) is 5. The Balaban J connectivity index is 1.85. The fraction of sp³-hybridized carbons (Fsp3) is 0.133. The van der Waals surface area contributed by atoms with Crippen molar-refractivity contribution < 1.29 is 21.6 Å². The van der Waals surface area contributed by atoms with Crippen molar-refractivity contribution >= 4 is 38.8 Å². The van der Waals surface area contributed by atoms with Gasteiger partial charge >= 0.3 is 6.18 Å². The van der Waals surface area contributed by atoms with Crippen LogP contribution in [-0.2, 0) is 16.2 Å². The van der Waals surface area contributed by atoms with Gasteiger partial charge in [-0.1, -0.05) is 6.07 Å². The third kappa shape index (κ3) is 4.05. The number of alkyl halides is 3. The van der Waals surface area contributed by atoms with Crippen LogP contribution >= 0.6 is 23.1 Å². The van der Waals surface area contributed by atoms with Gasteiger partial charge in [-0.25, -0.2) is 8.42 Å². The van der Waals surface area contributed by atoms with Gasteiger partial charge in [0.05, 0.1) is 4.88 Å². The van der Waals surface area contributed by atoms with Gasteiger partial charge in [0.15, 0.2) is 0 Å². The van der Waals surface area contributed by atoms with Crippen LogP contribution < -0.4 is 4.72 Å². The SMILES string of the molecule is CSc1cccc(NS(=O)(=O)c2ccc(-c3cc(C(F)(F)F)[nH]n3)s2)c1. The number of aromatic amines is 1. The van der Waals surface area contributed by atoms with Gasteiger partial charge < -0.3 is 0 Å². The smallest absolute Gasteiger partial charge is 0.279 e. The Hall–Kier alpha value is -1.98. The zero-order valence-electron chi connectivity index (χ0n) is 13.2. The number of benzene rings is 1. The van der Waals surface area contributed by atoms with E-state index in [0.29, 0.717) is 10.6 Å². The van der Waals surface area contributed by atoms with Gasteiger partial charge in [0.1, 0.15) is 15.6 Å². The minimum Gasteiger partial charge on any atom is -0.279 e. The second-order valence-electron chi connectivity index (χ2n) is 5.12. The molecular weight excluding hydrogens is 407 g/mol. The summed E-state index contributed by atoms with van der Waals surface area (Å²) in [6.07, 6.45) is -2.67. The van der Waals surface area contributed by atoms with Crippen LogP contribution in [0.4, 0.5) is 18.9 Å². The molecular formula is C15H12F3N3O2S3. The molecule has 0 aliphatic rings. The van der Waals surface area contributed by atoms with Gasteiger partial charge in [0.2, 0.25) is 0 Å². The van der Waals surface area contributed by atoms with E-state index in [1.54, 1.807) is 18.2 Å². The molecule has 0 aliphatic carbocycles. The first-order chi connectivity index (χ1) is 12.2. The van der Waals surface area contributed by atoms with Gasteiger partial charge in [-0.2, -0.15) is 18.3 Å².